The minimum absolute atomic E-state index is 0.131. The van der Waals surface area contributed by atoms with Crippen LogP contribution in [0.1, 0.15) is 55.6 Å². The summed E-state index contributed by atoms with van der Waals surface area (Å²) in [6.07, 6.45) is 4.40. The zero-order valence-corrected chi connectivity index (χ0v) is 23.8. The molecule has 0 spiro atoms. The van der Waals surface area contributed by atoms with Crippen molar-refractivity contribution in [2.45, 2.75) is 51.0 Å². The Hall–Kier alpha value is -2.03. The maximum Gasteiger partial charge on any atom is 0.174 e. The lowest BCUT2D eigenvalue weighted by Gasteiger charge is -2.42. The van der Waals surface area contributed by atoms with Crippen LogP contribution in [0.15, 0.2) is 52.9 Å². The molecular weight excluding hydrogens is 612 g/mol. The number of benzene rings is 2. The maximum atomic E-state index is 13.3. The minimum atomic E-state index is -0.377. The van der Waals surface area contributed by atoms with Crippen LogP contribution in [-0.2, 0) is 16.2 Å². The van der Waals surface area contributed by atoms with E-state index in [4.69, 9.17) is 32.7 Å². The number of halogens is 3. The predicted molar refractivity (Wildman–Crippen MR) is 149 cm³/mol. The fraction of sp³-hybridized carbons (Fsp3) is 0.357. The third-order valence-electron chi connectivity index (χ3n) is 7.20. The van der Waals surface area contributed by atoms with E-state index >= 15 is 0 Å². The number of ether oxygens (including phenoxy) is 2. The molecule has 0 atom stereocenters. The number of carbonyl (C=O) groups is 2. The van der Waals surface area contributed by atoms with Crippen LogP contribution in [0.5, 0.6) is 11.5 Å². The van der Waals surface area contributed by atoms with Gasteiger partial charge in [0.25, 0.3) is 0 Å². The van der Waals surface area contributed by atoms with Crippen molar-refractivity contribution in [3.8, 4) is 11.5 Å². The number of nitrogens with zero attached hydrogens (tertiary/aromatic N) is 1. The van der Waals surface area contributed by atoms with E-state index in [1.807, 2.05) is 25.2 Å². The Morgan fingerprint density at radius 3 is 2.17 bits per heavy atom. The van der Waals surface area contributed by atoms with E-state index in [0.29, 0.717) is 41.0 Å². The molecule has 0 saturated carbocycles. The molecule has 3 aliphatic rings. The molecule has 1 aliphatic heterocycles. The highest BCUT2D eigenvalue weighted by Crippen LogP contribution is 2.50. The largest absolute Gasteiger partial charge is 0.493 e. The molecule has 2 aromatic rings. The number of rotatable bonds is 5. The van der Waals surface area contributed by atoms with Gasteiger partial charge in [0.1, 0.15) is 6.61 Å². The summed E-state index contributed by atoms with van der Waals surface area (Å²) in [4.78, 5) is 28.6. The molecule has 188 valence electrons. The van der Waals surface area contributed by atoms with Crippen molar-refractivity contribution in [3.05, 3.63) is 77.6 Å². The maximum absolute atomic E-state index is 13.3. The summed E-state index contributed by atoms with van der Waals surface area (Å²) in [5.74, 6) is 1.05. The summed E-state index contributed by atoms with van der Waals surface area (Å²) in [5.41, 5.74) is 5.40. The van der Waals surface area contributed by atoms with Gasteiger partial charge < -0.3 is 14.4 Å². The minimum Gasteiger partial charge on any atom is -0.493 e. The van der Waals surface area contributed by atoms with Crippen LogP contribution in [0.2, 0.25) is 10.0 Å². The summed E-state index contributed by atoms with van der Waals surface area (Å²) in [7, 11) is 3.60. The predicted octanol–water partition coefficient (Wildman–Crippen LogP) is 7.23. The smallest absolute Gasteiger partial charge is 0.174 e. The number of allylic oxidation sites excluding steroid dienone is 4. The van der Waals surface area contributed by atoms with Gasteiger partial charge in [0.15, 0.2) is 23.1 Å². The average Bonchev–Trinajstić information content (AvgIpc) is 2.86. The van der Waals surface area contributed by atoms with Crippen molar-refractivity contribution in [2.75, 3.05) is 14.2 Å². The van der Waals surface area contributed by atoms with E-state index in [9.17, 15) is 9.59 Å². The number of hydrogen-bond acceptors (Lipinski definition) is 5. The zero-order chi connectivity index (χ0) is 25.6. The van der Waals surface area contributed by atoms with Crippen LogP contribution in [-0.4, -0.2) is 30.6 Å². The van der Waals surface area contributed by atoms with E-state index in [1.54, 1.807) is 19.2 Å². The number of ketones is 2. The Morgan fingerprint density at radius 2 is 1.58 bits per heavy atom. The lowest BCUT2D eigenvalue weighted by molar-refractivity contribution is -0.117. The molecule has 36 heavy (non-hydrogen) atoms. The Labute approximate surface area is 234 Å². The van der Waals surface area contributed by atoms with Crippen LogP contribution >= 0.6 is 45.8 Å². The van der Waals surface area contributed by atoms with Crippen molar-refractivity contribution in [1.29, 1.82) is 0 Å². The SMILES string of the molecule is COc1cc(C2C3=C(CCCC3=O)N(C)C3=C2C(=O)CCC3)cc(I)c1OCc1ccc(Cl)c(Cl)c1. The molecule has 0 radical (unpaired) electrons. The van der Waals surface area contributed by atoms with Gasteiger partial charge in [-0.15, -0.1) is 0 Å². The van der Waals surface area contributed by atoms with Gasteiger partial charge in [-0.1, -0.05) is 29.3 Å². The third kappa shape index (κ3) is 4.56. The molecule has 1 heterocycles. The average molecular weight is 638 g/mol. The lowest BCUT2D eigenvalue weighted by atomic mass is 9.71. The van der Waals surface area contributed by atoms with E-state index in [-0.39, 0.29) is 17.5 Å². The summed E-state index contributed by atoms with van der Waals surface area (Å²) in [5, 5.41) is 0.964. The summed E-state index contributed by atoms with van der Waals surface area (Å²) in [6.45, 7) is 0.290. The van der Waals surface area contributed by atoms with Crippen LogP contribution in [0.3, 0.4) is 0 Å². The van der Waals surface area contributed by atoms with E-state index in [1.165, 1.54) is 0 Å². The highest BCUT2D eigenvalue weighted by atomic mass is 127. The number of carbonyl (C=O) groups excluding carboxylic acids is 2. The second kappa shape index (κ2) is 10.4. The van der Waals surface area contributed by atoms with Gasteiger partial charge >= 0.3 is 0 Å². The summed E-state index contributed by atoms with van der Waals surface area (Å²) < 4.78 is 12.7. The second-order valence-electron chi connectivity index (χ2n) is 9.34. The monoisotopic (exact) mass is 637 g/mol. The van der Waals surface area contributed by atoms with Crippen molar-refractivity contribution in [2.24, 2.45) is 0 Å². The standard InChI is InChI=1S/C28H26Cl2INO4/c1-32-20-5-3-7-22(33)26(20)25(27-21(32)6-4-8-23(27)34)16-12-19(31)28(24(13-16)35-2)36-14-15-9-10-17(29)18(30)11-15/h9-13,25H,3-8,14H2,1-2H3. The van der Waals surface area contributed by atoms with Crippen LogP contribution in [0.25, 0.3) is 0 Å². The first-order valence-electron chi connectivity index (χ1n) is 12.0. The Kier molecular flexibility index (Phi) is 7.39. The molecule has 0 amide bonds. The third-order valence-corrected chi connectivity index (χ3v) is 8.74. The van der Waals surface area contributed by atoms with Crippen molar-refractivity contribution >= 4 is 57.4 Å². The van der Waals surface area contributed by atoms with Crippen molar-refractivity contribution < 1.29 is 19.1 Å². The molecule has 2 aliphatic carbocycles. The lowest BCUT2D eigenvalue weighted by Crippen LogP contribution is -2.37. The van der Waals surface area contributed by atoms with Gasteiger partial charge in [-0.2, -0.15) is 0 Å². The van der Waals surface area contributed by atoms with Crippen molar-refractivity contribution in [3.63, 3.8) is 0 Å². The fourth-order valence-electron chi connectivity index (χ4n) is 5.52. The summed E-state index contributed by atoms with van der Waals surface area (Å²) >= 11 is 14.4. The van der Waals surface area contributed by atoms with Crippen LogP contribution < -0.4 is 9.47 Å². The number of hydrogen-bond donors (Lipinski definition) is 0. The summed E-state index contributed by atoms with van der Waals surface area (Å²) in [6, 6.07) is 9.32. The molecule has 0 saturated heterocycles. The molecule has 0 unspecified atom stereocenters. The van der Waals surface area contributed by atoms with Gasteiger partial charge in [-0.3, -0.25) is 9.59 Å². The van der Waals surface area contributed by atoms with E-state index in [2.05, 4.69) is 27.5 Å². The number of Topliss-reactive ketones (excluding diaryl/α,β-unsaturated/α-hetero) is 2. The molecule has 8 heteroatoms. The Bertz CT molecular complexity index is 1290. The topological polar surface area (TPSA) is 55.8 Å². The Morgan fingerprint density at radius 1 is 0.944 bits per heavy atom. The molecule has 0 aromatic heterocycles. The molecule has 0 N–H and O–H groups in total. The first-order valence-corrected chi connectivity index (χ1v) is 13.8. The molecular formula is C28H26Cl2INO4. The molecule has 5 rings (SSSR count). The van der Waals surface area contributed by atoms with Crippen LogP contribution in [0.4, 0.5) is 0 Å². The first kappa shape index (κ1) is 25.6. The first-order chi connectivity index (χ1) is 17.3. The van der Waals surface area contributed by atoms with Gasteiger partial charge in [-0.25, -0.2) is 0 Å². The molecule has 0 fully saturated rings. The molecule has 2 aromatic carbocycles. The van der Waals surface area contributed by atoms with E-state index < -0.39 is 0 Å². The fourth-order valence-corrected chi connectivity index (χ4v) is 6.62. The van der Waals surface area contributed by atoms with Crippen LogP contribution in [0, 0.1) is 3.57 Å². The highest BCUT2D eigenvalue weighted by molar-refractivity contribution is 14.1. The molecule has 5 nitrogen and oxygen atoms in total. The Balaban J connectivity index is 1.57. The second-order valence-corrected chi connectivity index (χ2v) is 11.3. The highest BCUT2D eigenvalue weighted by Gasteiger charge is 2.42. The number of methoxy groups -OCH3 is 1. The quantitative estimate of drug-likeness (QED) is 0.324. The van der Waals surface area contributed by atoms with Crippen molar-refractivity contribution in [1.82, 2.24) is 4.90 Å². The van der Waals surface area contributed by atoms with Gasteiger partial charge in [-0.05, 0) is 83.7 Å². The van der Waals surface area contributed by atoms with Gasteiger partial charge in [0.2, 0.25) is 0 Å². The van der Waals surface area contributed by atoms with Gasteiger partial charge in [0, 0.05) is 48.3 Å². The molecule has 0 bridgehead atoms. The zero-order valence-electron chi connectivity index (χ0n) is 20.1. The van der Waals surface area contributed by atoms with Gasteiger partial charge in [0.05, 0.1) is 20.7 Å². The normalized spacial score (nSPS) is 18.4. The van der Waals surface area contributed by atoms with E-state index in [0.717, 1.165) is 62.9 Å².